The minimum absolute atomic E-state index is 0.0575. The Morgan fingerprint density at radius 1 is 1.23 bits per heavy atom. The number of carbonyl (C=O) groups is 1. The first-order valence-corrected chi connectivity index (χ1v) is 7.88. The second-order valence-corrected chi connectivity index (χ2v) is 5.81. The number of rotatable bonds is 5. The zero-order chi connectivity index (χ0) is 18.7. The molecule has 1 N–H and O–H groups in total. The van der Waals surface area contributed by atoms with Gasteiger partial charge in [0, 0.05) is 17.2 Å². The van der Waals surface area contributed by atoms with E-state index >= 15 is 0 Å². The molecule has 0 bridgehead atoms. The van der Waals surface area contributed by atoms with E-state index < -0.39 is 11.6 Å². The number of nitrogens with zero attached hydrogens (tertiary/aromatic N) is 1. The Kier molecular flexibility index (Phi) is 5.18. The molecule has 3 rings (SSSR count). The number of ether oxygens (including phenoxy) is 1. The van der Waals surface area contributed by atoms with Gasteiger partial charge in [0.1, 0.15) is 17.4 Å². The number of halogens is 3. The van der Waals surface area contributed by atoms with Crippen LogP contribution in [0.4, 0.5) is 14.5 Å². The number of carbonyl (C=O) groups excluding carboxylic acids is 1. The van der Waals surface area contributed by atoms with Gasteiger partial charge in [0.2, 0.25) is 5.91 Å². The van der Waals surface area contributed by atoms with Gasteiger partial charge in [-0.25, -0.2) is 8.78 Å². The van der Waals surface area contributed by atoms with Crippen LogP contribution in [0.25, 0.3) is 11.3 Å². The number of hydrogen-bond acceptors (Lipinski definition) is 4. The van der Waals surface area contributed by atoms with Crippen molar-refractivity contribution < 1.29 is 22.8 Å². The van der Waals surface area contributed by atoms with Gasteiger partial charge in [0.15, 0.2) is 5.76 Å². The predicted molar refractivity (Wildman–Crippen MR) is 92.2 cm³/mol. The second-order valence-electron chi connectivity index (χ2n) is 5.38. The molecule has 0 saturated carbocycles. The van der Waals surface area contributed by atoms with E-state index in [-0.39, 0.29) is 23.7 Å². The van der Waals surface area contributed by atoms with Crippen LogP contribution in [0, 0.1) is 11.6 Å². The van der Waals surface area contributed by atoms with Crippen LogP contribution in [-0.2, 0) is 11.2 Å². The van der Waals surface area contributed by atoms with Gasteiger partial charge in [-0.3, -0.25) is 4.79 Å². The lowest BCUT2D eigenvalue weighted by Gasteiger charge is -2.09. The quantitative estimate of drug-likeness (QED) is 0.711. The standard InChI is InChI=1S/C18H13ClF2N2O3/c1-25-16-5-2-10(19)6-15(16)22-18(24)9-12-8-17(26-23-12)13-4-3-11(20)7-14(13)21/h2-8H,9H2,1H3,(H,22,24). The number of amides is 1. The predicted octanol–water partition coefficient (Wildman–Crippen LogP) is 4.46. The minimum Gasteiger partial charge on any atom is -0.495 e. The molecule has 1 amide bonds. The van der Waals surface area contributed by atoms with E-state index in [0.717, 1.165) is 12.1 Å². The van der Waals surface area contributed by atoms with E-state index in [2.05, 4.69) is 10.5 Å². The molecule has 1 heterocycles. The fourth-order valence-electron chi connectivity index (χ4n) is 2.35. The first-order valence-electron chi connectivity index (χ1n) is 7.50. The highest BCUT2D eigenvalue weighted by Gasteiger charge is 2.15. The van der Waals surface area contributed by atoms with Crippen molar-refractivity contribution in [2.75, 3.05) is 12.4 Å². The molecule has 1 aromatic heterocycles. The first-order chi connectivity index (χ1) is 12.5. The van der Waals surface area contributed by atoms with Gasteiger partial charge in [0.25, 0.3) is 0 Å². The third kappa shape index (κ3) is 4.00. The molecule has 0 aliphatic heterocycles. The Morgan fingerprint density at radius 2 is 2.04 bits per heavy atom. The Bertz CT molecular complexity index is 959. The largest absolute Gasteiger partial charge is 0.495 e. The van der Waals surface area contributed by atoms with Crippen LogP contribution in [0.5, 0.6) is 5.75 Å². The Balaban J connectivity index is 1.73. The number of nitrogens with one attached hydrogen (secondary N) is 1. The summed E-state index contributed by atoms with van der Waals surface area (Å²) >= 11 is 5.92. The molecular formula is C18H13ClF2N2O3. The third-order valence-corrected chi connectivity index (χ3v) is 3.77. The number of hydrogen-bond donors (Lipinski definition) is 1. The van der Waals surface area contributed by atoms with E-state index in [1.807, 2.05) is 0 Å². The highest BCUT2D eigenvalue weighted by Crippen LogP contribution is 2.28. The van der Waals surface area contributed by atoms with E-state index in [4.69, 9.17) is 20.9 Å². The lowest BCUT2D eigenvalue weighted by Crippen LogP contribution is -2.15. The molecule has 0 fully saturated rings. The van der Waals surface area contributed by atoms with Crippen molar-refractivity contribution in [1.29, 1.82) is 0 Å². The molecule has 0 saturated heterocycles. The normalized spacial score (nSPS) is 10.6. The van der Waals surface area contributed by atoms with Crippen LogP contribution in [0.2, 0.25) is 5.02 Å². The number of anilines is 1. The van der Waals surface area contributed by atoms with Crippen molar-refractivity contribution in [2.24, 2.45) is 0 Å². The summed E-state index contributed by atoms with van der Waals surface area (Å²) in [6.07, 6.45) is -0.109. The van der Waals surface area contributed by atoms with E-state index in [0.29, 0.717) is 22.2 Å². The van der Waals surface area contributed by atoms with Crippen molar-refractivity contribution in [3.8, 4) is 17.1 Å². The number of methoxy groups -OCH3 is 1. The number of benzene rings is 2. The molecule has 0 unspecified atom stereocenters. The molecule has 8 heteroatoms. The van der Waals surface area contributed by atoms with E-state index in [1.54, 1.807) is 18.2 Å². The molecule has 26 heavy (non-hydrogen) atoms. The van der Waals surface area contributed by atoms with Crippen LogP contribution in [-0.4, -0.2) is 18.2 Å². The van der Waals surface area contributed by atoms with Crippen molar-refractivity contribution in [3.63, 3.8) is 0 Å². The lowest BCUT2D eigenvalue weighted by molar-refractivity contribution is -0.115. The summed E-state index contributed by atoms with van der Waals surface area (Å²) in [5.74, 6) is -1.30. The zero-order valence-electron chi connectivity index (χ0n) is 13.6. The molecule has 0 aliphatic rings. The van der Waals surface area contributed by atoms with Gasteiger partial charge in [-0.2, -0.15) is 0 Å². The summed E-state index contributed by atoms with van der Waals surface area (Å²) in [6.45, 7) is 0. The topological polar surface area (TPSA) is 64.4 Å². The molecule has 0 atom stereocenters. The minimum atomic E-state index is -0.777. The molecule has 3 aromatic rings. The molecular weight excluding hydrogens is 366 g/mol. The molecule has 134 valence electrons. The van der Waals surface area contributed by atoms with Crippen molar-refractivity contribution in [1.82, 2.24) is 5.16 Å². The zero-order valence-corrected chi connectivity index (χ0v) is 14.3. The van der Waals surface area contributed by atoms with Gasteiger partial charge in [-0.15, -0.1) is 0 Å². The summed E-state index contributed by atoms with van der Waals surface area (Å²) in [6, 6.07) is 9.34. The molecule has 0 radical (unpaired) electrons. The van der Waals surface area contributed by atoms with Crippen molar-refractivity contribution in [3.05, 3.63) is 64.8 Å². The van der Waals surface area contributed by atoms with Gasteiger partial charge >= 0.3 is 0 Å². The number of aromatic nitrogens is 1. The molecule has 0 spiro atoms. The van der Waals surface area contributed by atoms with Crippen molar-refractivity contribution in [2.45, 2.75) is 6.42 Å². The van der Waals surface area contributed by atoms with Crippen LogP contribution >= 0.6 is 11.6 Å². The molecule has 5 nitrogen and oxygen atoms in total. The average Bonchev–Trinajstić information content (AvgIpc) is 3.03. The van der Waals surface area contributed by atoms with Crippen molar-refractivity contribution >= 4 is 23.2 Å². The lowest BCUT2D eigenvalue weighted by atomic mass is 10.1. The second kappa shape index (κ2) is 7.53. The first kappa shape index (κ1) is 17.9. The van der Waals surface area contributed by atoms with E-state index in [9.17, 15) is 13.6 Å². The Hall–Kier alpha value is -2.93. The highest BCUT2D eigenvalue weighted by atomic mass is 35.5. The van der Waals surface area contributed by atoms with Crippen LogP contribution < -0.4 is 10.1 Å². The third-order valence-electron chi connectivity index (χ3n) is 3.53. The molecule has 0 aliphatic carbocycles. The van der Waals surface area contributed by atoms with E-state index in [1.165, 1.54) is 19.2 Å². The maximum atomic E-state index is 13.8. The van der Waals surface area contributed by atoms with Gasteiger partial charge < -0.3 is 14.6 Å². The highest BCUT2D eigenvalue weighted by molar-refractivity contribution is 6.31. The van der Waals surface area contributed by atoms with Gasteiger partial charge in [0.05, 0.1) is 30.5 Å². The maximum Gasteiger partial charge on any atom is 0.230 e. The summed E-state index contributed by atoms with van der Waals surface area (Å²) in [5.41, 5.74) is 0.766. The van der Waals surface area contributed by atoms with Gasteiger partial charge in [-0.05, 0) is 30.3 Å². The fourth-order valence-corrected chi connectivity index (χ4v) is 2.52. The fraction of sp³-hybridized carbons (Fsp3) is 0.111. The maximum absolute atomic E-state index is 13.8. The summed E-state index contributed by atoms with van der Waals surface area (Å²) in [7, 11) is 1.47. The summed E-state index contributed by atoms with van der Waals surface area (Å²) in [5, 5.41) is 6.85. The summed E-state index contributed by atoms with van der Waals surface area (Å²) < 4.78 is 37.0. The van der Waals surface area contributed by atoms with Crippen LogP contribution in [0.3, 0.4) is 0 Å². The Labute approximate surface area is 152 Å². The average molecular weight is 379 g/mol. The Morgan fingerprint density at radius 3 is 2.77 bits per heavy atom. The van der Waals surface area contributed by atoms with Crippen LogP contribution in [0.1, 0.15) is 5.69 Å². The molecule has 2 aromatic carbocycles. The summed E-state index contributed by atoms with van der Waals surface area (Å²) in [4.78, 5) is 12.2. The van der Waals surface area contributed by atoms with Crippen LogP contribution in [0.15, 0.2) is 47.0 Å². The SMILES string of the molecule is COc1ccc(Cl)cc1NC(=O)Cc1cc(-c2ccc(F)cc2F)on1. The van der Waals surface area contributed by atoms with Gasteiger partial charge in [-0.1, -0.05) is 16.8 Å². The monoisotopic (exact) mass is 378 g/mol. The smallest absolute Gasteiger partial charge is 0.230 e.